The third kappa shape index (κ3) is 12.4. The van der Waals surface area contributed by atoms with Gasteiger partial charge in [0.2, 0.25) is 19.7 Å². The number of ether oxygens (including phenoxy) is 3. The van der Waals surface area contributed by atoms with Gasteiger partial charge in [-0.25, -0.2) is 16.8 Å². The summed E-state index contributed by atoms with van der Waals surface area (Å²) in [6.45, 7) is 11.8. The van der Waals surface area contributed by atoms with Crippen LogP contribution in [0.2, 0.25) is 0 Å². The predicted molar refractivity (Wildman–Crippen MR) is 274 cm³/mol. The number of carbonyl (C=O) groups is 1. The number of carbonyl (C=O) groups excluding carboxylic acids is 1. The lowest BCUT2D eigenvalue weighted by Crippen LogP contribution is -2.31. The molecule has 6 aromatic rings. The van der Waals surface area contributed by atoms with Crippen LogP contribution in [0.5, 0.6) is 23.0 Å². The van der Waals surface area contributed by atoms with E-state index in [1.165, 1.54) is 30.3 Å². The van der Waals surface area contributed by atoms with Crippen molar-refractivity contribution in [2.75, 3.05) is 6.61 Å². The first-order valence-electron chi connectivity index (χ1n) is 22.7. The molecule has 0 heterocycles. The lowest BCUT2D eigenvalue weighted by atomic mass is 9.70. The molecule has 0 fully saturated rings. The molecule has 0 saturated heterocycles. The Labute approximate surface area is 441 Å². The van der Waals surface area contributed by atoms with Crippen LogP contribution in [0.15, 0.2) is 160 Å². The lowest BCUT2D eigenvalue weighted by Gasteiger charge is -2.36. The molecule has 76 heavy (non-hydrogen) atoms. The van der Waals surface area contributed by atoms with Gasteiger partial charge in [0.25, 0.3) is 40.5 Å². The number of sulfone groups is 2. The van der Waals surface area contributed by atoms with Crippen molar-refractivity contribution in [3.05, 3.63) is 144 Å². The van der Waals surface area contributed by atoms with Crippen LogP contribution in [0.4, 0.5) is 0 Å². The smallest absolute Gasteiger partial charge is 0.298 e. The summed E-state index contributed by atoms with van der Waals surface area (Å²) in [6.07, 6.45) is 0.988. The Morgan fingerprint density at radius 3 is 1.26 bits per heavy atom. The molecule has 0 aliphatic heterocycles. The molecule has 0 saturated carbocycles. The van der Waals surface area contributed by atoms with E-state index < -0.39 is 127 Å². The second-order valence-electron chi connectivity index (χ2n) is 18.0. The standard InChI is InChI=1S/C50H52O20S6/c1-8-31(4)50(7,9-2)41-24-20-37(28-45(41)74(59,60)61)72(54,55)39-22-26-43(47(30-39)76(65,66)67)70-49(5,6)40-23-19-36(27-44(40)73(56,57)58)71(52,53)38-21-25-42(46(29-38)75(62,63)64)69-35-17-13-33(14-18-35)48(51)32-11-15-34(16-12-32)68-10-3/h11-31H,8-10H2,1-7H3,(H,56,57,58)(H,59,60,61)(H,62,63,64)(H,65,66,67). The first-order valence-corrected chi connectivity index (χ1v) is 31.4. The largest absolute Gasteiger partial charge is 0.494 e. The third-order valence-electron chi connectivity index (χ3n) is 12.9. The molecular formula is C50H52O20S6. The SMILES string of the molecule is CCOc1ccc(C(=O)c2ccc(Oc3ccc(S(=O)(=O)c4ccc(C(C)(C)Oc5ccc(S(=O)(=O)c6ccc(C(C)(CC)C(C)CC)c(S(=O)(=O)O)c6)cc5S(=O)(=O)O)c(S(=O)(=O)O)c4)cc3S(=O)(=O)O)cc2)cc1. The molecule has 2 unspecified atom stereocenters. The fraction of sp³-hybridized carbons (Fsp3) is 0.260. The van der Waals surface area contributed by atoms with Gasteiger partial charge < -0.3 is 14.2 Å². The second-order valence-corrected chi connectivity index (χ2v) is 27.5. The highest BCUT2D eigenvalue weighted by molar-refractivity contribution is 7.92. The summed E-state index contributed by atoms with van der Waals surface area (Å²) < 4.78 is 217. The Morgan fingerprint density at radius 1 is 0.487 bits per heavy atom. The Balaban J connectivity index is 1.33. The van der Waals surface area contributed by atoms with Crippen LogP contribution in [0.3, 0.4) is 0 Å². The van der Waals surface area contributed by atoms with Gasteiger partial charge >= 0.3 is 0 Å². The molecule has 0 aromatic heterocycles. The van der Waals surface area contributed by atoms with E-state index in [1.54, 1.807) is 45.0 Å². The predicted octanol–water partition coefficient (Wildman–Crippen LogP) is 8.79. The maximum atomic E-state index is 14.1. The Morgan fingerprint density at radius 2 is 0.855 bits per heavy atom. The summed E-state index contributed by atoms with van der Waals surface area (Å²) in [6, 6.07) is 21.3. The number of hydrogen-bond donors (Lipinski definition) is 4. The van der Waals surface area contributed by atoms with E-state index in [0.717, 1.165) is 62.4 Å². The van der Waals surface area contributed by atoms with Gasteiger partial charge in [0.15, 0.2) is 5.78 Å². The summed E-state index contributed by atoms with van der Waals surface area (Å²) in [4.78, 5) is 5.82. The van der Waals surface area contributed by atoms with Gasteiger partial charge in [0.05, 0.1) is 31.1 Å². The maximum absolute atomic E-state index is 14.1. The number of hydrogen-bond acceptors (Lipinski definition) is 16. The topological polar surface area (TPSA) is 331 Å². The highest BCUT2D eigenvalue weighted by Crippen LogP contribution is 2.43. The van der Waals surface area contributed by atoms with Crippen molar-refractivity contribution < 1.29 is 87.7 Å². The fourth-order valence-electron chi connectivity index (χ4n) is 8.31. The van der Waals surface area contributed by atoms with Crippen molar-refractivity contribution >= 4 is 65.9 Å². The zero-order valence-electron chi connectivity index (χ0n) is 41.5. The van der Waals surface area contributed by atoms with Crippen LogP contribution >= 0.6 is 0 Å². The average molecular weight is 1170 g/mol. The lowest BCUT2D eigenvalue weighted by molar-refractivity contribution is 0.101. The van der Waals surface area contributed by atoms with E-state index in [2.05, 4.69) is 0 Å². The van der Waals surface area contributed by atoms with E-state index in [0.29, 0.717) is 49.0 Å². The van der Waals surface area contributed by atoms with Crippen LogP contribution in [-0.2, 0) is 71.2 Å². The fourth-order valence-corrected chi connectivity index (χ4v) is 14.2. The minimum Gasteiger partial charge on any atom is -0.494 e. The van der Waals surface area contributed by atoms with Crippen LogP contribution in [0.25, 0.3) is 0 Å². The second kappa shape index (κ2) is 21.4. The summed E-state index contributed by atoms with van der Waals surface area (Å²) in [5, 5.41) is 0. The maximum Gasteiger partial charge on any atom is 0.298 e. The summed E-state index contributed by atoms with van der Waals surface area (Å²) in [7, 11) is -31.0. The van der Waals surface area contributed by atoms with Gasteiger partial charge in [0.1, 0.15) is 43.3 Å². The molecule has 0 bridgehead atoms. The minimum absolute atomic E-state index is 0.0405. The van der Waals surface area contributed by atoms with Crippen molar-refractivity contribution in [1.29, 1.82) is 0 Å². The summed E-state index contributed by atoms with van der Waals surface area (Å²) in [5.74, 6) is -1.34. The molecule has 0 spiro atoms. The first-order chi connectivity index (χ1) is 35.0. The molecule has 6 rings (SSSR count). The van der Waals surface area contributed by atoms with E-state index in [9.17, 15) is 73.5 Å². The van der Waals surface area contributed by atoms with Crippen LogP contribution in [0.1, 0.15) is 88.4 Å². The molecule has 26 heteroatoms. The Kier molecular flexibility index (Phi) is 16.7. The molecular weight excluding hydrogens is 1110 g/mol. The van der Waals surface area contributed by atoms with Crippen LogP contribution in [-0.4, -0.2) is 81.1 Å². The summed E-state index contributed by atoms with van der Waals surface area (Å²) >= 11 is 0. The van der Waals surface area contributed by atoms with E-state index in [4.69, 9.17) is 14.2 Å². The molecule has 6 aromatic carbocycles. The van der Waals surface area contributed by atoms with Crippen molar-refractivity contribution in [2.45, 2.75) is 111 Å². The van der Waals surface area contributed by atoms with Gasteiger partial charge in [-0.2, -0.15) is 33.7 Å². The molecule has 0 aliphatic carbocycles. The molecule has 4 N–H and O–H groups in total. The van der Waals surface area contributed by atoms with Gasteiger partial charge in [-0.15, -0.1) is 0 Å². The van der Waals surface area contributed by atoms with Crippen LogP contribution < -0.4 is 14.2 Å². The zero-order valence-corrected chi connectivity index (χ0v) is 46.4. The monoisotopic (exact) mass is 1160 g/mol. The molecule has 0 amide bonds. The van der Waals surface area contributed by atoms with Crippen molar-refractivity contribution in [2.24, 2.45) is 5.92 Å². The van der Waals surface area contributed by atoms with E-state index >= 15 is 0 Å². The number of benzene rings is 6. The van der Waals surface area contributed by atoms with E-state index in [-0.39, 0.29) is 28.6 Å². The Hall–Kier alpha value is -6.07. The molecule has 0 aliphatic rings. The zero-order chi connectivity index (χ0) is 56.8. The van der Waals surface area contributed by atoms with Crippen LogP contribution in [0, 0.1) is 5.92 Å². The molecule has 20 nitrogen and oxygen atoms in total. The van der Waals surface area contributed by atoms with Crippen molar-refractivity contribution in [1.82, 2.24) is 0 Å². The van der Waals surface area contributed by atoms with Gasteiger partial charge in [-0.05, 0) is 153 Å². The first kappa shape index (κ1) is 59.2. The molecule has 2 atom stereocenters. The average Bonchev–Trinajstić information content (AvgIpc) is 3.34. The van der Waals surface area contributed by atoms with Crippen molar-refractivity contribution in [3.8, 4) is 23.0 Å². The van der Waals surface area contributed by atoms with Gasteiger partial charge in [0, 0.05) is 16.7 Å². The third-order valence-corrected chi connectivity index (χ3v) is 20.0. The van der Waals surface area contributed by atoms with Gasteiger partial charge in [-0.3, -0.25) is 23.0 Å². The van der Waals surface area contributed by atoms with Crippen molar-refractivity contribution in [3.63, 3.8) is 0 Å². The minimum atomic E-state index is -5.44. The van der Waals surface area contributed by atoms with Gasteiger partial charge in [-0.1, -0.05) is 46.2 Å². The molecule has 408 valence electrons. The highest BCUT2D eigenvalue weighted by Gasteiger charge is 2.38. The quantitative estimate of drug-likeness (QED) is 0.0386. The highest BCUT2D eigenvalue weighted by atomic mass is 32.2. The number of ketones is 1. The number of rotatable bonds is 21. The Bertz CT molecular complexity index is 3950. The molecule has 0 radical (unpaired) electrons. The van der Waals surface area contributed by atoms with E-state index in [1.807, 2.05) is 13.8 Å². The normalized spacial score (nSPS) is 14.1. The summed E-state index contributed by atoms with van der Waals surface area (Å²) in [5.41, 5.74) is -2.81.